The molecule has 0 atom stereocenters. The minimum absolute atomic E-state index is 0.0318. The normalized spacial score (nSPS) is 14.4. The predicted octanol–water partition coefficient (Wildman–Crippen LogP) is 3.98. The largest absolute Gasteiger partial charge is 0.493 e. The van der Waals surface area contributed by atoms with Crippen molar-refractivity contribution in [3.05, 3.63) is 57.1 Å². The molecule has 9 heteroatoms. The molecule has 0 bridgehead atoms. The number of likely N-dealkylation sites (tertiary alicyclic amines) is 1. The van der Waals surface area contributed by atoms with Crippen molar-refractivity contribution in [2.24, 2.45) is 0 Å². The van der Waals surface area contributed by atoms with Crippen LogP contribution in [0.15, 0.2) is 36.4 Å². The van der Waals surface area contributed by atoms with Gasteiger partial charge in [-0.05, 0) is 43.2 Å². The predicted molar refractivity (Wildman–Crippen MR) is 110 cm³/mol. The van der Waals surface area contributed by atoms with E-state index in [0.717, 1.165) is 0 Å². The molecule has 3 rings (SSSR count). The number of nitrogens with zero attached hydrogens (tertiary/aromatic N) is 2. The monoisotopic (exact) mass is 419 g/mol. The van der Waals surface area contributed by atoms with Gasteiger partial charge in [0.15, 0.2) is 11.5 Å². The van der Waals surface area contributed by atoms with Crippen molar-refractivity contribution in [3.63, 3.8) is 0 Å². The first-order valence-corrected chi connectivity index (χ1v) is 9.52. The SMILES string of the molecule is COc1ccc(C(=O)N2CCC(Nc3ccc(Cl)cc3[N+](=O)[O-])CC2)cc1OC. The number of carbonyl (C=O) groups excluding carboxylic acids is 1. The molecule has 1 saturated heterocycles. The van der Waals surface area contributed by atoms with Crippen molar-refractivity contribution in [2.45, 2.75) is 18.9 Å². The molecule has 1 aliphatic heterocycles. The van der Waals surface area contributed by atoms with E-state index >= 15 is 0 Å². The zero-order valence-corrected chi connectivity index (χ0v) is 16.9. The van der Waals surface area contributed by atoms with Gasteiger partial charge >= 0.3 is 0 Å². The van der Waals surface area contributed by atoms with E-state index in [9.17, 15) is 14.9 Å². The van der Waals surface area contributed by atoms with E-state index in [1.54, 1.807) is 42.3 Å². The number of hydrogen-bond donors (Lipinski definition) is 1. The second-order valence-electron chi connectivity index (χ2n) is 6.70. The number of ether oxygens (including phenoxy) is 2. The first-order chi connectivity index (χ1) is 13.9. The Bertz CT molecular complexity index is 913. The third-order valence-electron chi connectivity index (χ3n) is 4.93. The Morgan fingerprint density at radius 2 is 1.83 bits per heavy atom. The number of piperidine rings is 1. The van der Waals surface area contributed by atoms with Crippen LogP contribution in [-0.2, 0) is 0 Å². The Hall–Kier alpha value is -3.00. The van der Waals surface area contributed by atoms with E-state index in [1.807, 2.05) is 0 Å². The van der Waals surface area contributed by atoms with Gasteiger partial charge in [0.1, 0.15) is 5.69 Å². The Morgan fingerprint density at radius 3 is 2.45 bits per heavy atom. The van der Waals surface area contributed by atoms with Crippen LogP contribution in [0, 0.1) is 10.1 Å². The van der Waals surface area contributed by atoms with Crippen molar-refractivity contribution in [1.82, 2.24) is 4.90 Å². The Morgan fingerprint density at radius 1 is 1.14 bits per heavy atom. The van der Waals surface area contributed by atoms with Crippen molar-refractivity contribution in [2.75, 3.05) is 32.6 Å². The second-order valence-corrected chi connectivity index (χ2v) is 7.14. The molecule has 0 aromatic heterocycles. The summed E-state index contributed by atoms with van der Waals surface area (Å²) >= 11 is 5.86. The van der Waals surface area contributed by atoms with E-state index in [1.165, 1.54) is 13.2 Å². The van der Waals surface area contributed by atoms with E-state index in [2.05, 4.69) is 5.32 Å². The topological polar surface area (TPSA) is 93.9 Å². The molecule has 0 saturated carbocycles. The Labute approximate surface area is 173 Å². The van der Waals surface area contributed by atoms with Crippen molar-refractivity contribution in [1.29, 1.82) is 0 Å². The third-order valence-corrected chi connectivity index (χ3v) is 5.16. The van der Waals surface area contributed by atoms with Crippen LogP contribution >= 0.6 is 11.6 Å². The summed E-state index contributed by atoms with van der Waals surface area (Å²) in [4.78, 5) is 25.4. The van der Waals surface area contributed by atoms with E-state index in [4.69, 9.17) is 21.1 Å². The molecule has 1 N–H and O–H groups in total. The quantitative estimate of drug-likeness (QED) is 0.562. The summed E-state index contributed by atoms with van der Waals surface area (Å²) in [5.41, 5.74) is 0.910. The Kier molecular flexibility index (Phi) is 6.43. The van der Waals surface area contributed by atoms with Gasteiger partial charge in [-0.15, -0.1) is 0 Å². The van der Waals surface area contributed by atoms with Gasteiger partial charge in [0.05, 0.1) is 19.1 Å². The highest BCUT2D eigenvalue weighted by Gasteiger charge is 2.26. The molecule has 1 fully saturated rings. The van der Waals surface area contributed by atoms with Crippen molar-refractivity contribution in [3.8, 4) is 11.5 Å². The lowest BCUT2D eigenvalue weighted by molar-refractivity contribution is -0.384. The highest BCUT2D eigenvalue weighted by molar-refractivity contribution is 6.30. The molecule has 29 heavy (non-hydrogen) atoms. The lowest BCUT2D eigenvalue weighted by atomic mass is 10.0. The van der Waals surface area contributed by atoms with Crippen LogP contribution in [0.5, 0.6) is 11.5 Å². The molecule has 2 aromatic rings. The van der Waals surface area contributed by atoms with Gasteiger partial charge in [-0.25, -0.2) is 0 Å². The second kappa shape index (κ2) is 9.00. The fourth-order valence-corrected chi connectivity index (χ4v) is 3.54. The first kappa shape index (κ1) is 20.7. The van der Waals surface area contributed by atoms with Crippen LogP contribution < -0.4 is 14.8 Å². The number of nitro benzene ring substituents is 1. The van der Waals surface area contributed by atoms with Gasteiger partial charge < -0.3 is 19.7 Å². The number of halogens is 1. The molecule has 0 radical (unpaired) electrons. The van der Waals surface area contributed by atoms with Crippen LogP contribution in [0.25, 0.3) is 0 Å². The summed E-state index contributed by atoms with van der Waals surface area (Å²) in [7, 11) is 3.07. The standard InChI is InChI=1S/C20H22ClN3O5/c1-28-18-6-3-13(11-19(18)29-2)20(25)23-9-7-15(8-10-23)22-16-5-4-14(21)12-17(16)24(26)27/h3-6,11-12,15,22H,7-10H2,1-2H3. The molecule has 154 valence electrons. The number of amides is 1. The number of nitrogens with one attached hydrogen (secondary N) is 1. The zero-order valence-electron chi connectivity index (χ0n) is 16.2. The molecule has 1 aliphatic rings. The average molecular weight is 420 g/mol. The molecule has 2 aromatic carbocycles. The molecule has 8 nitrogen and oxygen atoms in total. The number of benzene rings is 2. The summed E-state index contributed by atoms with van der Waals surface area (Å²) in [5.74, 6) is 0.989. The van der Waals surface area contributed by atoms with E-state index in [0.29, 0.717) is 53.7 Å². The van der Waals surface area contributed by atoms with Crippen LogP contribution in [0.2, 0.25) is 5.02 Å². The van der Waals surface area contributed by atoms with Crippen molar-refractivity contribution < 1.29 is 19.2 Å². The summed E-state index contributed by atoms with van der Waals surface area (Å²) in [6.45, 7) is 1.10. The van der Waals surface area contributed by atoms with Crippen molar-refractivity contribution >= 4 is 28.9 Å². The van der Waals surface area contributed by atoms with Gasteiger partial charge in [0, 0.05) is 35.8 Å². The fourth-order valence-electron chi connectivity index (χ4n) is 3.38. The van der Waals surface area contributed by atoms with Crippen LogP contribution in [0.1, 0.15) is 23.2 Å². The number of methoxy groups -OCH3 is 2. The lowest BCUT2D eigenvalue weighted by Gasteiger charge is -2.33. The van der Waals surface area contributed by atoms with Gasteiger partial charge in [-0.2, -0.15) is 0 Å². The molecule has 0 aliphatic carbocycles. The molecule has 0 unspecified atom stereocenters. The van der Waals surface area contributed by atoms with Gasteiger partial charge in [0.25, 0.3) is 11.6 Å². The highest BCUT2D eigenvalue weighted by atomic mass is 35.5. The number of hydrogen-bond acceptors (Lipinski definition) is 6. The van der Waals surface area contributed by atoms with E-state index in [-0.39, 0.29) is 17.6 Å². The van der Waals surface area contributed by atoms with E-state index < -0.39 is 4.92 Å². The molecular formula is C20H22ClN3O5. The minimum atomic E-state index is -0.454. The number of anilines is 1. The first-order valence-electron chi connectivity index (χ1n) is 9.14. The molecule has 0 spiro atoms. The number of rotatable bonds is 6. The molecular weight excluding hydrogens is 398 g/mol. The maximum atomic E-state index is 12.8. The average Bonchev–Trinajstić information content (AvgIpc) is 2.74. The summed E-state index contributed by atoms with van der Waals surface area (Å²) in [5, 5.41) is 14.8. The lowest BCUT2D eigenvalue weighted by Crippen LogP contribution is -2.42. The number of nitro groups is 1. The van der Waals surface area contributed by atoms with Gasteiger partial charge in [0.2, 0.25) is 0 Å². The maximum absolute atomic E-state index is 12.8. The molecule has 1 heterocycles. The van der Waals surface area contributed by atoms with Crippen LogP contribution in [-0.4, -0.2) is 49.1 Å². The van der Waals surface area contributed by atoms with Gasteiger partial charge in [-0.1, -0.05) is 11.6 Å². The summed E-state index contributed by atoms with van der Waals surface area (Å²) in [6, 6.07) is 9.69. The van der Waals surface area contributed by atoms with Gasteiger partial charge in [-0.3, -0.25) is 14.9 Å². The smallest absolute Gasteiger partial charge is 0.293 e. The number of carbonyl (C=O) groups is 1. The fraction of sp³-hybridized carbons (Fsp3) is 0.350. The Balaban J connectivity index is 1.64. The highest BCUT2D eigenvalue weighted by Crippen LogP contribution is 2.31. The summed E-state index contributed by atoms with van der Waals surface area (Å²) < 4.78 is 10.5. The van der Waals surface area contributed by atoms with Crippen LogP contribution in [0.3, 0.4) is 0 Å². The maximum Gasteiger partial charge on any atom is 0.293 e. The molecule has 1 amide bonds. The van der Waals surface area contributed by atoms with Crippen LogP contribution in [0.4, 0.5) is 11.4 Å². The third kappa shape index (κ3) is 4.71. The minimum Gasteiger partial charge on any atom is -0.493 e. The summed E-state index contributed by atoms with van der Waals surface area (Å²) in [6.07, 6.45) is 1.36. The zero-order chi connectivity index (χ0) is 21.0.